The number of nitrogens with one attached hydrogen (secondary N) is 1. The molecule has 3 aliphatic heterocycles. The van der Waals surface area contributed by atoms with Crippen LogP contribution >= 0.6 is 0 Å². The molecule has 0 atom stereocenters. The number of rotatable bonds is 7. The molecule has 2 fully saturated rings. The van der Waals surface area contributed by atoms with Gasteiger partial charge < -0.3 is 19.6 Å². The number of carbonyl (C=O) groups is 2. The van der Waals surface area contributed by atoms with Gasteiger partial charge in [-0.2, -0.15) is 5.10 Å². The number of piperidine rings is 2. The average molecular weight is 518 g/mol. The highest BCUT2D eigenvalue weighted by molar-refractivity contribution is 6.01. The Bertz CT molecular complexity index is 1350. The number of aromatic hydroxyl groups is 1. The molecular weight excluding hydrogens is 482 g/mol. The molecule has 2 saturated heterocycles. The van der Waals surface area contributed by atoms with Crippen molar-refractivity contribution in [3.05, 3.63) is 52.7 Å². The highest BCUT2D eigenvalue weighted by Gasteiger charge is 2.28. The monoisotopic (exact) mass is 517 g/mol. The first-order valence-corrected chi connectivity index (χ1v) is 13.8. The Balaban J connectivity index is 1.13. The minimum Gasteiger partial charge on any atom is -0.507 e. The molecule has 3 aromatic rings. The van der Waals surface area contributed by atoms with E-state index in [0.29, 0.717) is 38.2 Å². The average Bonchev–Trinajstić information content (AvgIpc) is 3.53. The number of hydrogen-bond donors (Lipinski definition) is 2. The summed E-state index contributed by atoms with van der Waals surface area (Å²) < 4.78 is 6.03. The third-order valence-corrected chi connectivity index (χ3v) is 8.06. The van der Waals surface area contributed by atoms with Crippen molar-refractivity contribution in [3.8, 4) is 11.5 Å². The van der Waals surface area contributed by atoms with Crippen LogP contribution in [-0.4, -0.2) is 74.6 Å². The molecule has 9 nitrogen and oxygen atoms in total. The number of H-pyrrole nitrogens is 1. The fourth-order valence-corrected chi connectivity index (χ4v) is 5.86. The van der Waals surface area contributed by atoms with Gasteiger partial charge in [-0.3, -0.25) is 19.6 Å². The Morgan fingerprint density at radius 1 is 1.00 bits per heavy atom. The number of amides is 2. The van der Waals surface area contributed by atoms with Gasteiger partial charge in [-0.15, -0.1) is 0 Å². The summed E-state index contributed by atoms with van der Waals surface area (Å²) in [5.74, 6) is 0.648. The molecular formula is C29H35N5O4. The van der Waals surface area contributed by atoms with Crippen LogP contribution in [-0.2, 0) is 24.4 Å². The largest absolute Gasteiger partial charge is 0.507 e. The SMILES string of the molecule is O=C1CCCCN1Cc1[nH]nc2cc(O)c(C(=O)N3Cc4ccc(OCCN5CCCCC5)cc4C3)cc12. The second-order valence-electron chi connectivity index (χ2n) is 10.7. The lowest BCUT2D eigenvalue weighted by Crippen LogP contribution is -2.34. The summed E-state index contributed by atoms with van der Waals surface area (Å²) in [4.78, 5) is 31.9. The zero-order valence-electron chi connectivity index (χ0n) is 21.7. The van der Waals surface area contributed by atoms with Gasteiger partial charge >= 0.3 is 0 Å². The van der Waals surface area contributed by atoms with Gasteiger partial charge in [0, 0.05) is 44.1 Å². The maximum Gasteiger partial charge on any atom is 0.258 e. The normalized spacial score (nSPS) is 18.3. The molecule has 4 heterocycles. The fraction of sp³-hybridized carbons (Fsp3) is 0.483. The Morgan fingerprint density at radius 3 is 2.66 bits per heavy atom. The van der Waals surface area contributed by atoms with Crippen LogP contribution in [0.5, 0.6) is 11.5 Å². The minimum absolute atomic E-state index is 0.0905. The first-order valence-electron chi connectivity index (χ1n) is 13.8. The van der Waals surface area contributed by atoms with Crippen LogP contribution in [0.3, 0.4) is 0 Å². The summed E-state index contributed by atoms with van der Waals surface area (Å²) in [7, 11) is 0. The van der Waals surface area contributed by atoms with Gasteiger partial charge in [-0.1, -0.05) is 12.5 Å². The molecule has 0 saturated carbocycles. The van der Waals surface area contributed by atoms with E-state index in [9.17, 15) is 14.7 Å². The predicted molar refractivity (Wildman–Crippen MR) is 143 cm³/mol. The van der Waals surface area contributed by atoms with E-state index in [2.05, 4.69) is 15.1 Å². The van der Waals surface area contributed by atoms with Crippen LogP contribution in [0.2, 0.25) is 0 Å². The summed E-state index contributed by atoms with van der Waals surface area (Å²) in [5.41, 5.74) is 3.77. The first kappa shape index (κ1) is 24.7. The Kier molecular flexibility index (Phi) is 6.93. The van der Waals surface area contributed by atoms with Crippen LogP contribution in [0.1, 0.15) is 65.7 Å². The summed E-state index contributed by atoms with van der Waals surface area (Å²) in [6.07, 6.45) is 6.35. The third kappa shape index (κ3) is 5.07. The molecule has 38 heavy (non-hydrogen) atoms. The zero-order chi connectivity index (χ0) is 26.1. The van der Waals surface area contributed by atoms with Crippen molar-refractivity contribution in [1.29, 1.82) is 0 Å². The second kappa shape index (κ2) is 10.6. The van der Waals surface area contributed by atoms with Gasteiger partial charge in [0.1, 0.15) is 18.1 Å². The fourth-order valence-electron chi connectivity index (χ4n) is 5.86. The quantitative estimate of drug-likeness (QED) is 0.494. The predicted octanol–water partition coefficient (Wildman–Crippen LogP) is 3.80. The highest BCUT2D eigenvalue weighted by Crippen LogP contribution is 2.32. The first-order chi connectivity index (χ1) is 18.5. The molecule has 6 rings (SSSR count). The van der Waals surface area contributed by atoms with Crippen molar-refractivity contribution in [1.82, 2.24) is 24.9 Å². The molecule has 0 aliphatic carbocycles. The van der Waals surface area contributed by atoms with Crippen LogP contribution < -0.4 is 4.74 Å². The number of hydrogen-bond acceptors (Lipinski definition) is 6. The maximum atomic E-state index is 13.5. The van der Waals surface area contributed by atoms with E-state index < -0.39 is 0 Å². The summed E-state index contributed by atoms with van der Waals surface area (Å²) >= 11 is 0. The molecule has 3 aliphatic rings. The minimum atomic E-state index is -0.227. The standard InChI is InChI=1S/C29H35N5O4/c35-27-16-25-23(26(31-30-25)19-33-11-5-2-6-28(33)36)15-24(27)29(37)34-17-20-7-8-22(14-21(20)18-34)38-13-12-32-9-3-1-4-10-32/h7-8,14-16,35H,1-6,9-13,17-19H2,(H,30,31). The number of ether oxygens (including phenoxy) is 1. The van der Waals surface area contributed by atoms with E-state index in [-0.39, 0.29) is 23.1 Å². The van der Waals surface area contributed by atoms with Gasteiger partial charge in [0.2, 0.25) is 5.91 Å². The van der Waals surface area contributed by atoms with E-state index in [1.807, 2.05) is 23.1 Å². The van der Waals surface area contributed by atoms with Gasteiger partial charge in [-0.05, 0) is 68.1 Å². The summed E-state index contributed by atoms with van der Waals surface area (Å²) in [6.45, 7) is 6.00. The highest BCUT2D eigenvalue weighted by atomic mass is 16.5. The number of phenols is 1. The molecule has 2 N–H and O–H groups in total. The van der Waals surface area contributed by atoms with Crippen molar-refractivity contribution in [3.63, 3.8) is 0 Å². The number of nitrogens with zero attached hydrogens (tertiary/aromatic N) is 4. The lowest BCUT2D eigenvalue weighted by molar-refractivity contribution is -0.133. The van der Waals surface area contributed by atoms with Crippen molar-refractivity contribution < 1.29 is 19.4 Å². The van der Waals surface area contributed by atoms with Crippen molar-refractivity contribution in [2.24, 2.45) is 0 Å². The number of fused-ring (bicyclic) bond motifs is 2. The topological polar surface area (TPSA) is 102 Å². The third-order valence-electron chi connectivity index (χ3n) is 8.06. The Labute approximate surface area is 222 Å². The van der Waals surface area contributed by atoms with Gasteiger partial charge in [0.05, 0.1) is 23.3 Å². The molecule has 200 valence electrons. The lowest BCUT2D eigenvalue weighted by Gasteiger charge is -2.26. The molecule has 0 radical (unpaired) electrons. The molecule has 0 spiro atoms. The van der Waals surface area contributed by atoms with Crippen molar-refractivity contribution in [2.45, 2.75) is 58.2 Å². The summed E-state index contributed by atoms with van der Waals surface area (Å²) in [5, 5.41) is 18.7. The van der Waals surface area contributed by atoms with Crippen LogP contribution in [0.25, 0.3) is 10.9 Å². The Morgan fingerprint density at radius 2 is 1.82 bits per heavy atom. The number of phenolic OH excluding ortho intramolecular Hbond substituents is 1. The van der Waals surface area contributed by atoms with Crippen LogP contribution in [0.15, 0.2) is 30.3 Å². The number of benzene rings is 2. The van der Waals surface area contributed by atoms with E-state index >= 15 is 0 Å². The van der Waals surface area contributed by atoms with E-state index in [1.165, 1.54) is 25.3 Å². The van der Waals surface area contributed by atoms with Crippen molar-refractivity contribution >= 4 is 22.7 Å². The maximum absolute atomic E-state index is 13.5. The number of aromatic amines is 1. The number of likely N-dealkylation sites (tertiary alicyclic amines) is 2. The number of carbonyl (C=O) groups excluding carboxylic acids is 2. The number of aromatic nitrogens is 2. The van der Waals surface area contributed by atoms with E-state index in [1.54, 1.807) is 11.0 Å². The molecule has 2 aromatic carbocycles. The molecule has 0 unspecified atom stereocenters. The molecule has 9 heteroatoms. The molecule has 2 amide bonds. The van der Waals surface area contributed by atoms with Crippen molar-refractivity contribution in [2.75, 3.05) is 32.8 Å². The van der Waals surface area contributed by atoms with E-state index in [4.69, 9.17) is 4.74 Å². The zero-order valence-corrected chi connectivity index (χ0v) is 21.7. The smallest absolute Gasteiger partial charge is 0.258 e. The summed E-state index contributed by atoms with van der Waals surface area (Å²) in [6, 6.07) is 9.28. The molecule has 0 bridgehead atoms. The second-order valence-corrected chi connectivity index (χ2v) is 10.7. The Hall–Kier alpha value is -3.59. The van der Waals surface area contributed by atoms with Crippen LogP contribution in [0, 0.1) is 0 Å². The van der Waals surface area contributed by atoms with Crippen LogP contribution in [0.4, 0.5) is 0 Å². The van der Waals surface area contributed by atoms with Gasteiger partial charge in [0.15, 0.2) is 0 Å². The van der Waals surface area contributed by atoms with E-state index in [0.717, 1.165) is 67.0 Å². The van der Waals surface area contributed by atoms with Gasteiger partial charge in [-0.25, -0.2) is 0 Å². The molecule has 1 aromatic heterocycles. The lowest BCUT2D eigenvalue weighted by atomic mass is 10.1. The van der Waals surface area contributed by atoms with Gasteiger partial charge in [0.25, 0.3) is 5.91 Å².